The number of benzene rings is 3. The minimum Gasteiger partial charge on any atom is -0.744 e. The second-order valence-electron chi connectivity index (χ2n) is 8.79. The molecule has 33 heavy (non-hydrogen) atoms. The third kappa shape index (κ3) is 8.98. The van der Waals surface area contributed by atoms with E-state index in [0.717, 1.165) is 34.3 Å². The fraction of sp³-hybridized carbons (Fsp3) is 0.308. The molecular formula is C26H33NO5S. The highest BCUT2D eigenvalue weighted by atomic mass is 32.2. The molecule has 0 aliphatic rings. The van der Waals surface area contributed by atoms with E-state index in [4.69, 9.17) is 4.74 Å². The number of aliphatic hydroxyl groups excluding tert-OH is 1. The predicted octanol–water partition coefficient (Wildman–Crippen LogP) is 4.14. The zero-order valence-electron chi connectivity index (χ0n) is 19.6. The molecule has 3 aromatic rings. The number of aliphatic hydroxyl groups is 1. The van der Waals surface area contributed by atoms with Crippen molar-refractivity contribution in [3.05, 3.63) is 95.6 Å². The lowest BCUT2D eigenvalue weighted by Gasteiger charge is -2.24. The molecule has 3 rings (SSSR count). The molecule has 0 saturated heterocycles. The topological polar surface area (TPSA) is 86.7 Å². The minimum atomic E-state index is -4.28. The van der Waals surface area contributed by atoms with Crippen LogP contribution in [-0.2, 0) is 10.1 Å². The first-order valence-corrected chi connectivity index (χ1v) is 12.2. The summed E-state index contributed by atoms with van der Waals surface area (Å²) < 4.78 is 38.3. The van der Waals surface area contributed by atoms with Crippen LogP contribution in [0.25, 0.3) is 0 Å². The Balaban J connectivity index is 0.000000294. The van der Waals surface area contributed by atoms with Crippen LogP contribution in [0.4, 0.5) is 0 Å². The Hall–Kier alpha value is -2.71. The van der Waals surface area contributed by atoms with Crippen LogP contribution in [0.1, 0.15) is 29.2 Å². The van der Waals surface area contributed by atoms with Crippen molar-refractivity contribution in [3.63, 3.8) is 0 Å². The van der Waals surface area contributed by atoms with Crippen LogP contribution in [0, 0.1) is 6.92 Å². The van der Waals surface area contributed by atoms with Crippen molar-refractivity contribution in [1.29, 1.82) is 0 Å². The highest BCUT2D eigenvalue weighted by molar-refractivity contribution is 7.85. The lowest BCUT2D eigenvalue weighted by molar-refractivity contribution is -0.870. The second kappa shape index (κ2) is 12.0. The Labute approximate surface area is 197 Å². The number of hydrogen-bond donors (Lipinski definition) is 1. The summed E-state index contributed by atoms with van der Waals surface area (Å²) in [5.41, 5.74) is 2.19. The summed E-state index contributed by atoms with van der Waals surface area (Å²) >= 11 is 0. The van der Waals surface area contributed by atoms with Gasteiger partial charge in [-0.05, 0) is 30.2 Å². The zero-order valence-corrected chi connectivity index (χ0v) is 20.5. The maximum atomic E-state index is 10.6. The molecular weight excluding hydrogens is 438 g/mol. The molecule has 0 spiro atoms. The van der Waals surface area contributed by atoms with E-state index in [2.05, 4.69) is 21.1 Å². The second-order valence-corrected chi connectivity index (χ2v) is 10.1. The number of quaternary nitrogens is 1. The predicted molar refractivity (Wildman–Crippen MR) is 129 cm³/mol. The third-order valence-corrected chi connectivity index (χ3v) is 5.92. The summed E-state index contributed by atoms with van der Waals surface area (Å²) in [5.74, 6) is 0.764. The highest BCUT2D eigenvalue weighted by Gasteiger charge is 2.15. The van der Waals surface area contributed by atoms with E-state index < -0.39 is 16.2 Å². The van der Waals surface area contributed by atoms with Crippen LogP contribution in [0.15, 0.2) is 83.8 Å². The maximum Gasteiger partial charge on any atom is 0.125 e. The van der Waals surface area contributed by atoms with Gasteiger partial charge in [0.05, 0.1) is 39.2 Å². The van der Waals surface area contributed by atoms with E-state index in [1.54, 1.807) is 19.1 Å². The molecule has 6 nitrogen and oxygen atoms in total. The van der Waals surface area contributed by atoms with Gasteiger partial charge >= 0.3 is 0 Å². The average Bonchev–Trinajstić information content (AvgIpc) is 2.76. The minimum absolute atomic E-state index is 0.139. The van der Waals surface area contributed by atoms with Gasteiger partial charge in [0.2, 0.25) is 0 Å². The molecule has 7 heteroatoms. The Bertz CT molecular complexity index is 1110. The molecule has 0 heterocycles. The summed E-state index contributed by atoms with van der Waals surface area (Å²) in [4.78, 5) is -0.139. The largest absolute Gasteiger partial charge is 0.744 e. The molecule has 0 saturated carbocycles. The smallest absolute Gasteiger partial charge is 0.125 e. The first kappa shape index (κ1) is 26.5. The van der Waals surface area contributed by atoms with Crippen LogP contribution in [0.5, 0.6) is 5.75 Å². The van der Waals surface area contributed by atoms with E-state index >= 15 is 0 Å². The molecule has 1 unspecified atom stereocenters. The Morgan fingerprint density at radius 2 is 1.48 bits per heavy atom. The van der Waals surface area contributed by atoms with Gasteiger partial charge in [-0.2, -0.15) is 0 Å². The molecule has 0 amide bonds. The van der Waals surface area contributed by atoms with Crippen molar-refractivity contribution in [2.45, 2.75) is 24.3 Å². The zero-order chi connectivity index (χ0) is 24.5. The third-order valence-electron chi connectivity index (χ3n) is 4.92. The molecule has 0 radical (unpaired) electrons. The SMILES string of the molecule is C[N+](C)(C)CCCOc1ccccc1C(O)c1ccccc1.Cc1ccccc1S(=O)(=O)[O-]. The van der Waals surface area contributed by atoms with Crippen LogP contribution in [0.3, 0.4) is 0 Å². The molecule has 0 aliphatic heterocycles. The summed E-state index contributed by atoms with van der Waals surface area (Å²) in [6.07, 6.45) is 0.329. The first-order chi connectivity index (χ1) is 15.5. The van der Waals surface area contributed by atoms with Gasteiger partial charge in [0.1, 0.15) is 22.0 Å². The summed E-state index contributed by atoms with van der Waals surface area (Å²) in [6.45, 7) is 3.31. The molecule has 3 aromatic carbocycles. The fourth-order valence-corrected chi connectivity index (χ4v) is 3.92. The maximum absolute atomic E-state index is 10.6. The molecule has 178 valence electrons. The van der Waals surface area contributed by atoms with Crippen LogP contribution >= 0.6 is 0 Å². The van der Waals surface area contributed by atoms with E-state index in [1.165, 1.54) is 12.1 Å². The molecule has 0 bridgehead atoms. The van der Waals surface area contributed by atoms with Crippen LogP contribution in [-0.4, -0.2) is 56.9 Å². The number of aryl methyl sites for hydroxylation is 1. The van der Waals surface area contributed by atoms with Crippen molar-refractivity contribution < 1.29 is 27.3 Å². The van der Waals surface area contributed by atoms with E-state index in [0.29, 0.717) is 12.2 Å². The quantitative estimate of drug-likeness (QED) is 0.303. The van der Waals surface area contributed by atoms with Crippen molar-refractivity contribution in [2.24, 2.45) is 0 Å². The van der Waals surface area contributed by atoms with Gasteiger partial charge in [-0.3, -0.25) is 0 Å². The first-order valence-electron chi connectivity index (χ1n) is 10.8. The van der Waals surface area contributed by atoms with E-state index in [-0.39, 0.29) is 4.90 Å². The van der Waals surface area contributed by atoms with Crippen molar-refractivity contribution in [1.82, 2.24) is 0 Å². The van der Waals surface area contributed by atoms with Crippen molar-refractivity contribution >= 4 is 10.1 Å². The monoisotopic (exact) mass is 471 g/mol. The average molecular weight is 472 g/mol. The van der Waals surface area contributed by atoms with Gasteiger partial charge < -0.3 is 18.9 Å². The fourth-order valence-electron chi connectivity index (χ4n) is 3.21. The number of para-hydroxylation sites is 1. The summed E-state index contributed by atoms with van der Waals surface area (Å²) in [6, 6.07) is 23.5. The number of rotatable bonds is 8. The molecule has 0 aromatic heterocycles. The Kier molecular flexibility index (Phi) is 9.61. The van der Waals surface area contributed by atoms with Gasteiger partial charge in [0, 0.05) is 12.0 Å². The summed E-state index contributed by atoms with van der Waals surface area (Å²) in [5, 5.41) is 10.6. The van der Waals surface area contributed by atoms with Gasteiger partial charge in [0.15, 0.2) is 0 Å². The van der Waals surface area contributed by atoms with Gasteiger partial charge in [-0.25, -0.2) is 8.42 Å². The normalized spacial score (nSPS) is 12.4. The van der Waals surface area contributed by atoms with E-state index in [1.807, 2.05) is 54.6 Å². The lowest BCUT2D eigenvalue weighted by atomic mass is 10.0. The number of hydrogen-bond acceptors (Lipinski definition) is 5. The lowest BCUT2D eigenvalue weighted by Crippen LogP contribution is -2.36. The van der Waals surface area contributed by atoms with Crippen LogP contribution in [0.2, 0.25) is 0 Å². The highest BCUT2D eigenvalue weighted by Crippen LogP contribution is 2.29. The number of ether oxygens (including phenoxy) is 1. The standard InChI is InChI=1S/C19H26NO2.C7H8O3S/c1-20(2,3)14-9-15-22-18-13-8-7-12-17(18)19(21)16-10-5-4-6-11-16;1-6-4-2-3-5-7(6)11(8,9)10/h4-8,10-13,19,21H,9,14-15H2,1-3H3;2-5H,1H3,(H,8,9,10)/q+1;/p-1. The van der Waals surface area contributed by atoms with Gasteiger partial charge in [-0.1, -0.05) is 66.7 Å². The van der Waals surface area contributed by atoms with Crippen molar-refractivity contribution in [3.8, 4) is 5.75 Å². The Morgan fingerprint density at radius 1 is 0.909 bits per heavy atom. The van der Waals surface area contributed by atoms with Gasteiger partial charge in [0.25, 0.3) is 0 Å². The molecule has 1 N–H and O–H groups in total. The molecule has 1 atom stereocenters. The number of nitrogens with zero attached hydrogens (tertiary/aromatic N) is 1. The summed E-state index contributed by atoms with van der Waals surface area (Å²) in [7, 11) is 2.24. The van der Waals surface area contributed by atoms with Gasteiger partial charge in [-0.15, -0.1) is 0 Å². The molecule has 0 aliphatic carbocycles. The van der Waals surface area contributed by atoms with E-state index in [9.17, 15) is 18.1 Å². The Morgan fingerprint density at radius 3 is 2.06 bits per heavy atom. The molecule has 0 fully saturated rings. The van der Waals surface area contributed by atoms with Crippen molar-refractivity contribution in [2.75, 3.05) is 34.3 Å². The van der Waals surface area contributed by atoms with Crippen LogP contribution < -0.4 is 4.74 Å².